The second-order valence-electron chi connectivity index (χ2n) is 6.90. The quantitative estimate of drug-likeness (QED) is 0.637. The number of anilines is 1. The van der Waals surface area contributed by atoms with E-state index in [4.69, 9.17) is 0 Å². The molecule has 3 aromatic rings. The van der Waals surface area contributed by atoms with E-state index in [-0.39, 0.29) is 34.8 Å². The first kappa shape index (κ1) is 20.2. The van der Waals surface area contributed by atoms with Crippen molar-refractivity contribution in [2.24, 2.45) is 0 Å². The molecule has 3 aromatic carbocycles. The summed E-state index contributed by atoms with van der Waals surface area (Å²) in [6.45, 7) is -0.895. The van der Waals surface area contributed by atoms with Crippen LogP contribution in [0.5, 0.6) is 0 Å². The van der Waals surface area contributed by atoms with Crippen LogP contribution in [0.4, 0.5) is 14.5 Å². The smallest absolute Gasteiger partial charge is 0.245 e. The molecule has 154 valence electrons. The lowest BCUT2D eigenvalue weighted by atomic mass is 10.1. The molecule has 1 aliphatic heterocycles. The van der Waals surface area contributed by atoms with Crippen LogP contribution in [0.15, 0.2) is 77.7 Å². The largest absolute Gasteiger partial charge is 0.305 e. The molecule has 0 unspecified atom stereocenters. The average molecular weight is 428 g/mol. The van der Waals surface area contributed by atoms with E-state index in [9.17, 15) is 22.0 Å². The van der Waals surface area contributed by atoms with Crippen molar-refractivity contribution in [3.63, 3.8) is 0 Å². The number of amides is 1. The molecule has 5 nitrogen and oxygen atoms in total. The lowest BCUT2D eigenvalue weighted by Gasteiger charge is -2.22. The zero-order valence-corrected chi connectivity index (χ0v) is 16.6. The number of sulfonamides is 1. The summed E-state index contributed by atoms with van der Waals surface area (Å²) in [6, 6.07) is 17.9. The number of rotatable bonds is 4. The van der Waals surface area contributed by atoms with Crippen LogP contribution in [0.3, 0.4) is 0 Å². The second kappa shape index (κ2) is 7.97. The Morgan fingerprint density at radius 1 is 0.767 bits per heavy atom. The maximum Gasteiger partial charge on any atom is 0.245 e. The molecular formula is C22H18F2N2O3S. The lowest BCUT2D eigenvalue weighted by Crippen LogP contribution is -2.39. The molecule has 1 heterocycles. The number of benzene rings is 3. The summed E-state index contributed by atoms with van der Waals surface area (Å²) in [6.07, 6.45) is 0. The minimum Gasteiger partial charge on any atom is -0.305 e. The summed E-state index contributed by atoms with van der Waals surface area (Å²) >= 11 is 0. The fourth-order valence-corrected chi connectivity index (χ4v) is 4.98. The molecule has 0 saturated carbocycles. The molecule has 0 fully saturated rings. The Hall–Kier alpha value is -3.10. The molecule has 0 atom stereocenters. The van der Waals surface area contributed by atoms with Gasteiger partial charge in [-0.2, -0.15) is 4.31 Å². The Labute approximate surface area is 173 Å². The minimum absolute atomic E-state index is 0.0801. The Bertz CT molecular complexity index is 1210. The number of carbonyl (C=O) groups excluding carboxylic acids is 1. The van der Waals surface area contributed by atoms with Crippen molar-refractivity contribution in [3.05, 3.63) is 95.6 Å². The average Bonchev–Trinajstić information content (AvgIpc) is 2.80. The summed E-state index contributed by atoms with van der Waals surface area (Å²) < 4.78 is 55.9. The van der Waals surface area contributed by atoms with Crippen LogP contribution >= 0.6 is 0 Å². The van der Waals surface area contributed by atoms with Crippen molar-refractivity contribution in [2.75, 3.05) is 11.4 Å². The van der Waals surface area contributed by atoms with Crippen molar-refractivity contribution in [1.29, 1.82) is 0 Å². The van der Waals surface area contributed by atoms with Crippen molar-refractivity contribution in [3.8, 4) is 0 Å². The van der Waals surface area contributed by atoms with Gasteiger partial charge in [-0.3, -0.25) is 4.79 Å². The van der Waals surface area contributed by atoms with Gasteiger partial charge >= 0.3 is 0 Å². The topological polar surface area (TPSA) is 57.7 Å². The molecule has 0 radical (unpaired) electrons. The van der Waals surface area contributed by atoms with Crippen molar-refractivity contribution in [1.82, 2.24) is 4.31 Å². The highest BCUT2D eigenvalue weighted by Crippen LogP contribution is 2.33. The molecule has 0 spiro atoms. The predicted octanol–water partition coefficient (Wildman–Crippen LogP) is 3.70. The highest BCUT2D eigenvalue weighted by molar-refractivity contribution is 7.89. The third-order valence-corrected chi connectivity index (χ3v) is 6.82. The van der Waals surface area contributed by atoms with Gasteiger partial charge in [-0.05, 0) is 24.3 Å². The van der Waals surface area contributed by atoms with Crippen molar-refractivity contribution < 1.29 is 22.0 Å². The molecule has 0 aromatic heterocycles. The van der Waals surface area contributed by atoms with Crippen LogP contribution in [0.2, 0.25) is 0 Å². The van der Waals surface area contributed by atoms with Gasteiger partial charge in [0.1, 0.15) is 16.5 Å². The molecule has 0 N–H and O–H groups in total. The van der Waals surface area contributed by atoms with E-state index in [2.05, 4.69) is 0 Å². The third-order valence-electron chi connectivity index (χ3n) is 4.98. The van der Waals surface area contributed by atoms with Crippen LogP contribution < -0.4 is 4.90 Å². The SMILES string of the molecule is O=C1CN(Cc2ccccc2F)S(=O)(=O)c2ccccc2N1Cc1ccccc1F. The number of fused-ring (bicyclic) bond motifs is 1. The van der Waals surface area contributed by atoms with Crippen molar-refractivity contribution in [2.45, 2.75) is 18.0 Å². The summed E-state index contributed by atoms with van der Waals surface area (Å²) in [5.74, 6) is -1.57. The Morgan fingerprint density at radius 3 is 1.93 bits per heavy atom. The van der Waals surface area contributed by atoms with Gasteiger partial charge in [0.15, 0.2) is 0 Å². The van der Waals surface area contributed by atoms with Crippen LogP contribution in [-0.2, 0) is 27.9 Å². The van der Waals surface area contributed by atoms with Crippen molar-refractivity contribution >= 4 is 21.6 Å². The zero-order valence-electron chi connectivity index (χ0n) is 15.8. The van der Waals surface area contributed by atoms with E-state index in [0.29, 0.717) is 0 Å². The summed E-state index contributed by atoms with van der Waals surface area (Å²) in [5.41, 5.74) is 0.594. The minimum atomic E-state index is -4.09. The standard InChI is InChI=1S/C22H18F2N2O3S/c23-18-9-3-1-7-16(18)13-25-15-22(27)26(14-17-8-2-4-10-19(17)24)20-11-5-6-12-21(20)30(25,28)29/h1-12H,13-15H2. The molecule has 30 heavy (non-hydrogen) atoms. The highest BCUT2D eigenvalue weighted by Gasteiger charge is 2.37. The van der Waals surface area contributed by atoms with E-state index in [1.165, 1.54) is 47.4 Å². The molecule has 1 amide bonds. The molecule has 1 aliphatic rings. The summed E-state index contributed by atoms with van der Waals surface area (Å²) in [4.78, 5) is 14.2. The molecule has 0 bridgehead atoms. The van der Waals surface area contributed by atoms with Gasteiger partial charge in [0.2, 0.25) is 15.9 Å². The van der Waals surface area contributed by atoms with Gasteiger partial charge in [0.25, 0.3) is 0 Å². The van der Waals surface area contributed by atoms with E-state index in [0.717, 1.165) is 4.31 Å². The number of nitrogens with zero attached hydrogens (tertiary/aromatic N) is 2. The van der Waals surface area contributed by atoms with E-state index in [1.54, 1.807) is 30.3 Å². The lowest BCUT2D eigenvalue weighted by molar-refractivity contribution is -0.119. The number of para-hydroxylation sites is 1. The van der Waals surface area contributed by atoms with Crippen LogP contribution in [-0.4, -0.2) is 25.2 Å². The molecular weight excluding hydrogens is 410 g/mol. The number of hydrogen-bond acceptors (Lipinski definition) is 3. The maximum atomic E-state index is 14.2. The van der Waals surface area contributed by atoms with Gasteiger partial charge in [-0.1, -0.05) is 48.5 Å². The fourth-order valence-electron chi connectivity index (χ4n) is 3.42. The Balaban J connectivity index is 1.78. The predicted molar refractivity (Wildman–Crippen MR) is 108 cm³/mol. The Morgan fingerprint density at radius 2 is 1.30 bits per heavy atom. The van der Waals surface area contributed by atoms with E-state index >= 15 is 0 Å². The molecule has 4 rings (SSSR count). The van der Waals surface area contributed by atoms with Crippen LogP contribution in [0.25, 0.3) is 0 Å². The Kier molecular flexibility index (Phi) is 5.36. The highest BCUT2D eigenvalue weighted by atomic mass is 32.2. The van der Waals surface area contributed by atoms with Gasteiger partial charge in [-0.15, -0.1) is 0 Å². The first-order valence-electron chi connectivity index (χ1n) is 9.24. The molecule has 0 aliphatic carbocycles. The summed E-state index contributed by atoms with van der Waals surface area (Å²) in [7, 11) is -4.09. The third kappa shape index (κ3) is 3.71. The normalized spacial score (nSPS) is 16.2. The first-order valence-corrected chi connectivity index (χ1v) is 10.7. The number of hydrogen-bond donors (Lipinski definition) is 0. The molecule has 0 saturated heterocycles. The maximum absolute atomic E-state index is 14.2. The van der Waals surface area contributed by atoms with Gasteiger partial charge < -0.3 is 4.90 Å². The molecule has 8 heteroatoms. The van der Waals surface area contributed by atoms with E-state index in [1.807, 2.05) is 0 Å². The van der Waals surface area contributed by atoms with Gasteiger partial charge in [0.05, 0.1) is 18.8 Å². The van der Waals surface area contributed by atoms with Gasteiger partial charge in [0, 0.05) is 17.7 Å². The second-order valence-corrected chi connectivity index (χ2v) is 8.81. The first-order chi connectivity index (χ1) is 14.4. The summed E-state index contributed by atoms with van der Waals surface area (Å²) in [5, 5.41) is 0. The zero-order chi connectivity index (χ0) is 21.3. The number of carbonyl (C=O) groups is 1. The van der Waals surface area contributed by atoms with Crippen LogP contribution in [0.1, 0.15) is 11.1 Å². The monoisotopic (exact) mass is 428 g/mol. The fraction of sp³-hybridized carbons (Fsp3) is 0.136. The van der Waals surface area contributed by atoms with E-state index < -0.39 is 34.1 Å². The van der Waals surface area contributed by atoms with Gasteiger partial charge in [-0.25, -0.2) is 17.2 Å². The van der Waals surface area contributed by atoms with Crippen LogP contribution in [0, 0.1) is 11.6 Å². The number of halogens is 2.